The summed E-state index contributed by atoms with van der Waals surface area (Å²) < 4.78 is 0. The van der Waals surface area contributed by atoms with Crippen LogP contribution >= 0.6 is 11.6 Å². The van der Waals surface area contributed by atoms with E-state index >= 15 is 0 Å². The van der Waals surface area contributed by atoms with Gasteiger partial charge >= 0.3 is 0 Å². The van der Waals surface area contributed by atoms with Gasteiger partial charge in [-0.15, -0.1) is 0 Å². The van der Waals surface area contributed by atoms with Gasteiger partial charge in [-0.3, -0.25) is 4.79 Å². The highest BCUT2D eigenvalue weighted by Gasteiger charge is 2.07. The van der Waals surface area contributed by atoms with E-state index in [2.05, 4.69) is 15.6 Å². The zero-order valence-electron chi connectivity index (χ0n) is 10.6. The Morgan fingerprint density at radius 2 is 2.42 bits per heavy atom. The third-order valence-electron chi connectivity index (χ3n) is 2.27. The van der Waals surface area contributed by atoms with Crippen LogP contribution in [-0.2, 0) is 4.79 Å². The smallest absolute Gasteiger partial charge is 0.263 e. The van der Waals surface area contributed by atoms with Gasteiger partial charge in [0.2, 0.25) is 0 Å². The molecule has 2 N–H and O–H groups in total. The summed E-state index contributed by atoms with van der Waals surface area (Å²) in [5.74, 6) is 0.0760. The number of aromatic nitrogens is 1. The molecule has 0 radical (unpaired) electrons. The average Bonchev–Trinajstić information content (AvgIpc) is 2.40. The summed E-state index contributed by atoms with van der Waals surface area (Å²) in [6.45, 7) is 2.59. The Morgan fingerprint density at radius 3 is 3.05 bits per heavy atom. The number of hydrogen-bond acceptors (Lipinski definition) is 4. The second-order valence-electron chi connectivity index (χ2n) is 3.78. The fourth-order valence-corrected chi connectivity index (χ4v) is 1.41. The third kappa shape index (κ3) is 5.40. The van der Waals surface area contributed by atoms with Crippen molar-refractivity contribution >= 4 is 23.3 Å². The fourth-order valence-electron chi connectivity index (χ4n) is 1.25. The summed E-state index contributed by atoms with van der Waals surface area (Å²) >= 11 is 5.80. The Bertz CT molecular complexity index is 508. The molecule has 5 nitrogen and oxygen atoms in total. The standard InChI is InChI=1S/C13H15ClN4O/c1-2-3-5-17-13(19)10(8-15)9-18-12-7-11(14)4-6-16-12/h4,6-7,9H,2-3,5H2,1H3,(H,16,18)(H,17,19)/b10-9-. The average molecular weight is 279 g/mol. The number of nitrogens with one attached hydrogen (secondary N) is 2. The molecule has 0 spiro atoms. The van der Waals surface area contributed by atoms with E-state index in [9.17, 15) is 4.79 Å². The predicted octanol–water partition coefficient (Wildman–Crippen LogP) is 2.47. The SMILES string of the molecule is CCCCNC(=O)/C(C#N)=C\Nc1cc(Cl)ccn1. The number of carbonyl (C=O) groups excluding carboxylic acids is 1. The monoisotopic (exact) mass is 278 g/mol. The molecular weight excluding hydrogens is 264 g/mol. The van der Waals surface area contributed by atoms with Crippen molar-refractivity contribution in [3.05, 3.63) is 35.1 Å². The maximum atomic E-state index is 11.6. The Hall–Kier alpha value is -2.06. The van der Waals surface area contributed by atoms with Crippen molar-refractivity contribution in [2.24, 2.45) is 0 Å². The molecule has 0 aliphatic heterocycles. The van der Waals surface area contributed by atoms with Gasteiger partial charge in [-0.25, -0.2) is 4.98 Å². The van der Waals surface area contributed by atoms with Crippen LogP contribution in [0.2, 0.25) is 5.02 Å². The molecule has 0 atom stereocenters. The Kier molecular flexibility index (Phi) is 6.41. The molecule has 0 unspecified atom stereocenters. The molecule has 0 saturated heterocycles. The van der Waals surface area contributed by atoms with E-state index in [0.717, 1.165) is 12.8 Å². The van der Waals surface area contributed by atoms with E-state index in [1.165, 1.54) is 12.4 Å². The third-order valence-corrected chi connectivity index (χ3v) is 2.50. The molecule has 1 rings (SSSR count). The lowest BCUT2D eigenvalue weighted by Crippen LogP contribution is -2.25. The quantitative estimate of drug-likeness (QED) is 0.476. The van der Waals surface area contributed by atoms with Crippen molar-refractivity contribution in [2.45, 2.75) is 19.8 Å². The molecule has 0 saturated carbocycles. The van der Waals surface area contributed by atoms with E-state index in [-0.39, 0.29) is 5.57 Å². The number of hydrogen-bond donors (Lipinski definition) is 2. The van der Waals surface area contributed by atoms with Crippen LogP contribution < -0.4 is 10.6 Å². The molecule has 1 aromatic rings. The second-order valence-corrected chi connectivity index (χ2v) is 4.22. The maximum Gasteiger partial charge on any atom is 0.263 e. The first-order valence-electron chi connectivity index (χ1n) is 5.94. The molecule has 0 aliphatic carbocycles. The van der Waals surface area contributed by atoms with Crippen molar-refractivity contribution in [2.75, 3.05) is 11.9 Å². The first-order valence-corrected chi connectivity index (χ1v) is 6.31. The molecular formula is C13H15ClN4O. The first kappa shape index (κ1) is 15.0. The largest absolute Gasteiger partial charge is 0.351 e. The highest BCUT2D eigenvalue weighted by molar-refractivity contribution is 6.30. The van der Waals surface area contributed by atoms with E-state index < -0.39 is 5.91 Å². The number of rotatable bonds is 6. The van der Waals surface area contributed by atoms with Gasteiger partial charge in [0.15, 0.2) is 0 Å². The lowest BCUT2D eigenvalue weighted by Gasteiger charge is -2.04. The van der Waals surface area contributed by atoms with Gasteiger partial charge in [-0.05, 0) is 18.6 Å². The summed E-state index contributed by atoms with van der Waals surface area (Å²) in [4.78, 5) is 15.6. The van der Waals surface area contributed by atoms with Crippen LogP contribution in [0, 0.1) is 11.3 Å². The lowest BCUT2D eigenvalue weighted by molar-refractivity contribution is -0.117. The van der Waals surface area contributed by atoms with Crippen molar-refractivity contribution < 1.29 is 4.79 Å². The number of unbranched alkanes of at least 4 members (excludes halogenated alkanes) is 1. The van der Waals surface area contributed by atoms with Gasteiger partial charge in [-0.1, -0.05) is 24.9 Å². The van der Waals surface area contributed by atoms with Crippen LogP contribution in [0.15, 0.2) is 30.1 Å². The molecule has 1 aromatic heterocycles. The highest BCUT2D eigenvalue weighted by Crippen LogP contribution is 2.11. The first-order chi connectivity index (χ1) is 9.17. The molecule has 100 valence electrons. The van der Waals surface area contributed by atoms with Crippen LogP contribution in [0.1, 0.15) is 19.8 Å². The van der Waals surface area contributed by atoms with Crippen molar-refractivity contribution in [3.63, 3.8) is 0 Å². The van der Waals surface area contributed by atoms with Crippen molar-refractivity contribution in [3.8, 4) is 6.07 Å². The van der Waals surface area contributed by atoms with Gasteiger partial charge in [0, 0.05) is 24.0 Å². The highest BCUT2D eigenvalue weighted by atomic mass is 35.5. The van der Waals surface area contributed by atoms with E-state index in [1.807, 2.05) is 13.0 Å². The zero-order valence-corrected chi connectivity index (χ0v) is 11.4. The van der Waals surface area contributed by atoms with Crippen LogP contribution in [0.3, 0.4) is 0 Å². The molecule has 19 heavy (non-hydrogen) atoms. The maximum absolute atomic E-state index is 11.6. The van der Waals surface area contributed by atoms with E-state index in [1.54, 1.807) is 12.1 Å². The van der Waals surface area contributed by atoms with E-state index in [4.69, 9.17) is 16.9 Å². The number of carbonyl (C=O) groups is 1. The predicted molar refractivity (Wildman–Crippen MR) is 74.5 cm³/mol. The normalized spacial score (nSPS) is 10.7. The van der Waals surface area contributed by atoms with Crippen molar-refractivity contribution in [1.82, 2.24) is 10.3 Å². The van der Waals surface area contributed by atoms with E-state index in [0.29, 0.717) is 17.4 Å². The lowest BCUT2D eigenvalue weighted by atomic mass is 10.2. The Morgan fingerprint density at radius 1 is 1.63 bits per heavy atom. The number of pyridine rings is 1. The summed E-state index contributed by atoms with van der Waals surface area (Å²) in [7, 11) is 0. The zero-order chi connectivity index (χ0) is 14.1. The molecule has 1 heterocycles. The van der Waals surface area contributed by atoms with Crippen molar-refractivity contribution in [1.29, 1.82) is 5.26 Å². The molecule has 0 fully saturated rings. The molecule has 0 aliphatic rings. The second kappa shape index (κ2) is 8.11. The minimum atomic E-state index is -0.398. The molecule has 6 heteroatoms. The number of nitriles is 1. The topological polar surface area (TPSA) is 77.8 Å². The van der Waals surface area contributed by atoms with Gasteiger partial charge < -0.3 is 10.6 Å². The van der Waals surface area contributed by atoms with Gasteiger partial charge in [0.1, 0.15) is 17.5 Å². The summed E-state index contributed by atoms with van der Waals surface area (Å²) in [5, 5.41) is 14.9. The van der Waals surface area contributed by atoms with Gasteiger partial charge in [0.25, 0.3) is 5.91 Å². The molecule has 0 bridgehead atoms. The number of nitrogens with zero attached hydrogens (tertiary/aromatic N) is 2. The fraction of sp³-hybridized carbons (Fsp3) is 0.308. The minimum absolute atomic E-state index is 0.00196. The number of anilines is 1. The number of halogens is 1. The Balaban J connectivity index is 2.62. The van der Waals surface area contributed by atoms with Crippen LogP contribution in [0.5, 0.6) is 0 Å². The molecule has 0 aromatic carbocycles. The van der Waals surface area contributed by atoms with Crippen LogP contribution in [-0.4, -0.2) is 17.4 Å². The summed E-state index contributed by atoms with van der Waals surface area (Å²) in [5.41, 5.74) is -0.00196. The van der Waals surface area contributed by atoms with Crippen LogP contribution in [0.4, 0.5) is 5.82 Å². The summed E-state index contributed by atoms with van der Waals surface area (Å²) in [6, 6.07) is 5.08. The Labute approximate surface area is 117 Å². The summed E-state index contributed by atoms with van der Waals surface area (Å²) in [6.07, 6.45) is 4.72. The van der Waals surface area contributed by atoms with Gasteiger partial charge in [0.05, 0.1) is 0 Å². The number of amides is 1. The van der Waals surface area contributed by atoms with Gasteiger partial charge in [-0.2, -0.15) is 5.26 Å². The molecule has 1 amide bonds. The van der Waals surface area contributed by atoms with Crippen LogP contribution in [0.25, 0.3) is 0 Å². The minimum Gasteiger partial charge on any atom is -0.351 e.